The van der Waals surface area contributed by atoms with Crippen molar-refractivity contribution in [2.45, 2.75) is 44.8 Å². The van der Waals surface area contributed by atoms with Gasteiger partial charge in [-0.1, -0.05) is 6.92 Å². The summed E-state index contributed by atoms with van der Waals surface area (Å²) in [4.78, 5) is 14.2. The zero-order chi connectivity index (χ0) is 14.3. The predicted octanol–water partition coefficient (Wildman–Crippen LogP) is 1.03. The number of hydrogen-bond donors (Lipinski definition) is 1. The van der Waals surface area contributed by atoms with Crippen molar-refractivity contribution in [2.24, 2.45) is 0 Å². The fraction of sp³-hybridized carbons (Fsp3) is 0.929. The SMILES string of the molecule is CCNC(C)(CCCN1CCC(OC)C1)C(=O)OC. The number of ether oxygens (including phenoxy) is 2. The molecule has 1 N–H and O–H groups in total. The monoisotopic (exact) mass is 272 g/mol. The Labute approximate surface area is 116 Å². The van der Waals surface area contributed by atoms with Crippen LogP contribution < -0.4 is 5.32 Å². The molecule has 0 radical (unpaired) electrons. The number of carbonyl (C=O) groups is 1. The highest BCUT2D eigenvalue weighted by atomic mass is 16.5. The number of rotatable bonds is 8. The molecule has 1 aliphatic rings. The van der Waals surface area contributed by atoms with Crippen LogP contribution in [0.5, 0.6) is 0 Å². The third-order valence-corrected chi connectivity index (χ3v) is 3.92. The summed E-state index contributed by atoms with van der Waals surface area (Å²) < 4.78 is 10.2. The Kier molecular flexibility index (Phi) is 6.75. The van der Waals surface area contributed by atoms with E-state index < -0.39 is 5.54 Å². The van der Waals surface area contributed by atoms with Crippen LogP contribution in [0.25, 0.3) is 0 Å². The van der Waals surface area contributed by atoms with Crippen LogP contribution in [-0.2, 0) is 14.3 Å². The van der Waals surface area contributed by atoms with Crippen LogP contribution in [0.2, 0.25) is 0 Å². The molecule has 0 saturated carbocycles. The molecule has 5 heteroatoms. The summed E-state index contributed by atoms with van der Waals surface area (Å²) in [6.45, 7) is 7.80. The van der Waals surface area contributed by atoms with Crippen LogP contribution in [-0.4, -0.2) is 62.9 Å². The molecular formula is C14H28N2O3. The van der Waals surface area contributed by atoms with E-state index in [2.05, 4.69) is 10.2 Å². The maximum atomic E-state index is 11.8. The first kappa shape index (κ1) is 16.4. The lowest BCUT2D eigenvalue weighted by atomic mass is 9.95. The second-order valence-electron chi connectivity index (χ2n) is 5.40. The van der Waals surface area contributed by atoms with Gasteiger partial charge in [-0.05, 0) is 39.3 Å². The van der Waals surface area contributed by atoms with Gasteiger partial charge in [-0.2, -0.15) is 0 Å². The number of carbonyl (C=O) groups excluding carboxylic acids is 1. The Morgan fingerprint density at radius 1 is 1.47 bits per heavy atom. The molecule has 0 amide bonds. The van der Waals surface area contributed by atoms with Crippen molar-refractivity contribution in [2.75, 3.05) is 40.4 Å². The molecule has 0 aromatic carbocycles. The first-order chi connectivity index (χ1) is 9.05. The van der Waals surface area contributed by atoms with Crippen molar-refractivity contribution in [1.29, 1.82) is 0 Å². The number of likely N-dealkylation sites (N-methyl/N-ethyl adjacent to an activating group) is 1. The van der Waals surface area contributed by atoms with Gasteiger partial charge >= 0.3 is 5.97 Å². The van der Waals surface area contributed by atoms with Crippen LogP contribution in [0.4, 0.5) is 0 Å². The minimum absolute atomic E-state index is 0.175. The molecule has 19 heavy (non-hydrogen) atoms. The van der Waals surface area contributed by atoms with Gasteiger partial charge in [0, 0.05) is 20.2 Å². The van der Waals surface area contributed by atoms with Crippen LogP contribution in [0.1, 0.15) is 33.1 Å². The van der Waals surface area contributed by atoms with E-state index in [0.29, 0.717) is 6.10 Å². The minimum atomic E-state index is -0.566. The fourth-order valence-electron chi connectivity index (χ4n) is 2.73. The van der Waals surface area contributed by atoms with Gasteiger partial charge in [-0.15, -0.1) is 0 Å². The van der Waals surface area contributed by atoms with E-state index in [4.69, 9.17) is 9.47 Å². The van der Waals surface area contributed by atoms with Gasteiger partial charge in [0.15, 0.2) is 0 Å². The molecule has 0 aromatic rings. The van der Waals surface area contributed by atoms with E-state index in [9.17, 15) is 4.79 Å². The molecule has 1 rings (SSSR count). The van der Waals surface area contributed by atoms with E-state index in [0.717, 1.165) is 45.4 Å². The molecule has 0 spiro atoms. The van der Waals surface area contributed by atoms with Crippen molar-refractivity contribution in [1.82, 2.24) is 10.2 Å². The smallest absolute Gasteiger partial charge is 0.325 e. The molecule has 1 saturated heterocycles. The zero-order valence-corrected chi connectivity index (χ0v) is 12.7. The van der Waals surface area contributed by atoms with E-state index in [1.807, 2.05) is 13.8 Å². The Bertz CT molecular complexity index is 286. The lowest BCUT2D eigenvalue weighted by Crippen LogP contribution is -2.50. The highest BCUT2D eigenvalue weighted by Crippen LogP contribution is 2.17. The first-order valence-electron chi connectivity index (χ1n) is 7.14. The molecule has 112 valence electrons. The van der Waals surface area contributed by atoms with Crippen molar-refractivity contribution in [3.8, 4) is 0 Å². The molecule has 0 bridgehead atoms. The molecule has 1 aliphatic heterocycles. The highest BCUT2D eigenvalue weighted by Gasteiger charge is 2.33. The molecule has 5 nitrogen and oxygen atoms in total. The normalized spacial score (nSPS) is 23.3. The minimum Gasteiger partial charge on any atom is -0.468 e. The molecular weight excluding hydrogens is 244 g/mol. The summed E-state index contributed by atoms with van der Waals surface area (Å²) >= 11 is 0. The third kappa shape index (κ3) is 4.75. The molecule has 2 unspecified atom stereocenters. The van der Waals surface area contributed by atoms with Crippen LogP contribution >= 0.6 is 0 Å². The molecule has 0 aromatic heterocycles. The average Bonchev–Trinajstić information content (AvgIpc) is 2.86. The van der Waals surface area contributed by atoms with E-state index in [1.165, 1.54) is 7.11 Å². The standard InChI is InChI=1S/C14H28N2O3/c1-5-15-14(2,13(17)19-4)8-6-9-16-10-7-12(11-16)18-3/h12,15H,5-11H2,1-4H3. The van der Waals surface area contributed by atoms with Gasteiger partial charge in [0.1, 0.15) is 5.54 Å². The summed E-state index contributed by atoms with van der Waals surface area (Å²) in [7, 11) is 3.22. The van der Waals surface area contributed by atoms with Gasteiger partial charge < -0.3 is 19.7 Å². The van der Waals surface area contributed by atoms with Crippen molar-refractivity contribution in [3.63, 3.8) is 0 Å². The first-order valence-corrected chi connectivity index (χ1v) is 7.14. The van der Waals surface area contributed by atoms with E-state index in [1.54, 1.807) is 7.11 Å². The molecule has 2 atom stereocenters. The lowest BCUT2D eigenvalue weighted by molar-refractivity contribution is -0.148. The summed E-state index contributed by atoms with van der Waals surface area (Å²) in [6, 6.07) is 0. The molecule has 1 heterocycles. The maximum Gasteiger partial charge on any atom is 0.325 e. The Morgan fingerprint density at radius 3 is 2.74 bits per heavy atom. The number of likely N-dealkylation sites (tertiary alicyclic amines) is 1. The van der Waals surface area contributed by atoms with Crippen molar-refractivity contribution in [3.05, 3.63) is 0 Å². The predicted molar refractivity (Wildman–Crippen MR) is 75.2 cm³/mol. The summed E-state index contributed by atoms with van der Waals surface area (Å²) in [5, 5.41) is 3.24. The number of hydrogen-bond acceptors (Lipinski definition) is 5. The Morgan fingerprint density at radius 2 is 2.21 bits per heavy atom. The largest absolute Gasteiger partial charge is 0.468 e. The highest BCUT2D eigenvalue weighted by molar-refractivity contribution is 5.80. The summed E-state index contributed by atoms with van der Waals surface area (Å²) in [6.07, 6.45) is 3.26. The van der Waals surface area contributed by atoms with Crippen LogP contribution in [0.3, 0.4) is 0 Å². The van der Waals surface area contributed by atoms with Gasteiger partial charge in [0.05, 0.1) is 13.2 Å². The van der Waals surface area contributed by atoms with Gasteiger partial charge in [-0.25, -0.2) is 0 Å². The third-order valence-electron chi connectivity index (χ3n) is 3.92. The fourth-order valence-corrected chi connectivity index (χ4v) is 2.73. The van der Waals surface area contributed by atoms with Gasteiger partial charge in [-0.3, -0.25) is 4.79 Å². The Hall–Kier alpha value is -0.650. The van der Waals surface area contributed by atoms with Gasteiger partial charge in [0.2, 0.25) is 0 Å². The topological polar surface area (TPSA) is 50.8 Å². The maximum absolute atomic E-state index is 11.8. The van der Waals surface area contributed by atoms with Gasteiger partial charge in [0.25, 0.3) is 0 Å². The van der Waals surface area contributed by atoms with Crippen LogP contribution in [0.15, 0.2) is 0 Å². The van der Waals surface area contributed by atoms with Crippen LogP contribution in [0, 0.1) is 0 Å². The average molecular weight is 272 g/mol. The number of methoxy groups -OCH3 is 2. The summed E-state index contributed by atoms with van der Waals surface area (Å²) in [5.74, 6) is -0.175. The molecule has 0 aliphatic carbocycles. The van der Waals surface area contributed by atoms with E-state index >= 15 is 0 Å². The second-order valence-corrected chi connectivity index (χ2v) is 5.40. The quantitative estimate of drug-likeness (QED) is 0.669. The number of nitrogens with one attached hydrogen (secondary N) is 1. The number of esters is 1. The van der Waals surface area contributed by atoms with Crippen molar-refractivity contribution < 1.29 is 14.3 Å². The van der Waals surface area contributed by atoms with Crippen molar-refractivity contribution >= 4 is 5.97 Å². The number of nitrogens with zero attached hydrogens (tertiary/aromatic N) is 1. The summed E-state index contributed by atoms with van der Waals surface area (Å²) in [5.41, 5.74) is -0.566. The lowest BCUT2D eigenvalue weighted by Gasteiger charge is -2.28. The zero-order valence-electron chi connectivity index (χ0n) is 12.7. The Balaban J connectivity index is 2.34. The van der Waals surface area contributed by atoms with E-state index in [-0.39, 0.29) is 5.97 Å². The molecule has 1 fully saturated rings. The second kappa shape index (κ2) is 7.82.